The van der Waals surface area contributed by atoms with Gasteiger partial charge in [-0.05, 0) is 11.6 Å². The first-order valence-corrected chi connectivity index (χ1v) is 4.64. The van der Waals surface area contributed by atoms with Crippen molar-refractivity contribution in [2.75, 3.05) is 7.11 Å². The van der Waals surface area contributed by atoms with Crippen LogP contribution in [0.15, 0.2) is 18.3 Å². The van der Waals surface area contributed by atoms with Gasteiger partial charge in [0.05, 0.1) is 17.5 Å². The second-order valence-corrected chi connectivity index (χ2v) is 3.32. The molecule has 82 valence electrons. The Balaban J connectivity index is 2.75. The SMILES string of the molecule is COc1cc2nc(Cl)ncc2cc1[N+](=O)[O-]. The Hall–Kier alpha value is -1.95. The second kappa shape index (κ2) is 3.90. The van der Waals surface area contributed by atoms with Crippen molar-refractivity contribution < 1.29 is 9.66 Å². The van der Waals surface area contributed by atoms with Gasteiger partial charge in [0.15, 0.2) is 5.75 Å². The number of rotatable bonds is 2. The Morgan fingerprint density at radius 3 is 2.88 bits per heavy atom. The highest BCUT2D eigenvalue weighted by atomic mass is 35.5. The summed E-state index contributed by atoms with van der Waals surface area (Å²) in [5, 5.41) is 11.4. The fraction of sp³-hybridized carbons (Fsp3) is 0.111. The average molecular weight is 240 g/mol. The number of hydrogen-bond donors (Lipinski definition) is 0. The van der Waals surface area contributed by atoms with E-state index in [0.717, 1.165) is 0 Å². The molecule has 7 heteroatoms. The van der Waals surface area contributed by atoms with E-state index in [1.807, 2.05) is 0 Å². The van der Waals surface area contributed by atoms with Crippen molar-refractivity contribution in [3.05, 3.63) is 33.7 Å². The summed E-state index contributed by atoms with van der Waals surface area (Å²) in [7, 11) is 1.36. The van der Waals surface area contributed by atoms with E-state index in [1.165, 1.54) is 25.4 Å². The van der Waals surface area contributed by atoms with Crippen LogP contribution in [0.5, 0.6) is 5.75 Å². The minimum Gasteiger partial charge on any atom is -0.490 e. The zero-order valence-electron chi connectivity index (χ0n) is 8.18. The third kappa shape index (κ3) is 1.74. The molecule has 0 amide bonds. The number of ether oxygens (including phenoxy) is 1. The van der Waals surface area contributed by atoms with Crippen LogP contribution >= 0.6 is 11.6 Å². The number of fused-ring (bicyclic) bond motifs is 1. The number of aromatic nitrogens is 2. The molecule has 0 aliphatic rings. The summed E-state index contributed by atoms with van der Waals surface area (Å²) in [4.78, 5) is 17.9. The summed E-state index contributed by atoms with van der Waals surface area (Å²) in [6, 6.07) is 2.81. The van der Waals surface area contributed by atoms with E-state index in [-0.39, 0.29) is 16.7 Å². The van der Waals surface area contributed by atoms with Crippen molar-refractivity contribution in [2.24, 2.45) is 0 Å². The average Bonchev–Trinajstić information content (AvgIpc) is 2.26. The van der Waals surface area contributed by atoms with Gasteiger partial charge in [-0.2, -0.15) is 0 Å². The van der Waals surface area contributed by atoms with E-state index in [4.69, 9.17) is 16.3 Å². The van der Waals surface area contributed by atoms with Crippen molar-refractivity contribution in [3.63, 3.8) is 0 Å². The molecule has 6 nitrogen and oxygen atoms in total. The second-order valence-electron chi connectivity index (χ2n) is 2.98. The first-order valence-electron chi connectivity index (χ1n) is 4.26. The standard InChI is InChI=1S/C9H6ClN3O3/c1-16-8-3-6-5(2-7(8)13(14)15)4-11-9(10)12-6/h2-4H,1H3. The van der Waals surface area contributed by atoms with E-state index in [1.54, 1.807) is 0 Å². The van der Waals surface area contributed by atoms with Crippen molar-refractivity contribution in [1.29, 1.82) is 0 Å². The van der Waals surface area contributed by atoms with Crippen LogP contribution in [0.1, 0.15) is 0 Å². The quantitative estimate of drug-likeness (QED) is 0.456. The molecule has 1 aromatic carbocycles. The van der Waals surface area contributed by atoms with Gasteiger partial charge in [-0.25, -0.2) is 9.97 Å². The summed E-state index contributed by atoms with van der Waals surface area (Å²) in [5.74, 6) is 0.146. The predicted molar refractivity (Wildman–Crippen MR) is 57.8 cm³/mol. The normalized spacial score (nSPS) is 10.4. The number of nitro benzene ring substituents is 1. The van der Waals surface area contributed by atoms with Crippen LogP contribution in [0.4, 0.5) is 5.69 Å². The summed E-state index contributed by atoms with van der Waals surface area (Å²) < 4.78 is 4.91. The van der Waals surface area contributed by atoms with E-state index in [2.05, 4.69) is 9.97 Å². The van der Waals surface area contributed by atoms with E-state index >= 15 is 0 Å². The molecule has 0 saturated heterocycles. The lowest BCUT2D eigenvalue weighted by molar-refractivity contribution is -0.385. The van der Waals surface area contributed by atoms with E-state index in [9.17, 15) is 10.1 Å². The van der Waals surface area contributed by atoms with Crippen LogP contribution in [0.3, 0.4) is 0 Å². The highest BCUT2D eigenvalue weighted by molar-refractivity contribution is 6.28. The van der Waals surface area contributed by atoms with Crippen LogP contribution in [-0.2, 0) is 0 Å². The largest absolute Gasteiger partial charge is 0.490 e. The molecule has 0 saturated carbocycles. The van der Waals surface area contributed by atoms with Crippen LogP contribution in [-0.4, -0.2) is 22.0 Å². The van der Waals surface area contributed by atoms with Gasteiger partial charge < -0.3 is 4.74 Å². The fourth-order valence-electron chi connectivity index (χ4n) is 1.33. The lowest BCUT2D eigenvalue weighted by Crippen LogP contribution is -1.95. The Bertz CT molecular complexity index is 573. The molecule has 1 heterocycles. The lowest BCUT2D eigenvalue weighted by atomic mass is 10.2. The summed E-state index contributed by atoms with van der Waals surface area (Å²) in [6.07, 6.45) is 1.43. The minimum atomic E-state index is -0.521. The number of halogens is 1. The van der Waals surface area contributed by atoms with Gasteiger partial charge in [0.2, 0.25) is 5.28 Å². The van der Waals surface area contributed by atoms with Gasteiger partial charge >= 0.3 is 5.69 Å². The lowest BCUT2D eigenvalue weighted by Gasteiger charge is -2.03. The van der Waals surface area contributed by atoms with Crippen molar-refractivity contribution in [1.82, 2.24) is 9.97 Å². The first-order chi connectivity index (χ1) is 7.61. The molecular weight excluding hydrogens is 234 g/mol. The Labute approximate surface area is 95.0 Å². The van der Waals surface area contributed by atoms with Gasteiger partial charge in [-0.3, -0.25) is 10.1 Å². The zero-order valence-corrected chi connectivity index (χ0v) is 8.93. The van der Waals surface area contributed by atoms with Crippen LogP contribution in [0.25, 0.3) is 10.9 Å². The number of nitro groups is 1. The molecule has 0 unspecified atom stereocenters. The van der Waals surface area contributed by atoms with E-state index in [0.29, 0.717) is 10.9 Å². The topological polar surface area (TPSA) is 78.2 Å². The van der Waals surface area contributed by atoms with Gasteiger partial charge in [-0.1, -0.05) is 0 Å². The third-order valence-electron chi connectivity index (χ3n) is 2.05. The highest BCUT2D eigenvalue weighted by Crippen LogP contribution is 2.31. The van der Waals surface area contributed by atoms with Crippen LogP contribution < -0.4 is 4.74 Å². The molecule has 0 radical (unpaired) electrons. The molecule has 16 heavy (non-hydrogen) atoms. The zero-order chi connectivity index (χ0) is 11.7. The molecule has 2 aromatic rings. The first kappa shape index (κ1) is 10.6. The van der Waals surface area contributed by atoms with Gasteiger partial charge in [0.25, 0.3) is 0 Å². The van der Waals surface area contributed by atoms with Crippen LogP contribution in [0.2, 0.25) is 5.28 Å². The van der Waals surface area contributed by atoms with E-state index < -0.39 is 4.92 Å². The smallest absolute Gasteiger partial charge is 0.311 e. The molecule has 0 bridgehead atoms. The third-order valence-corrected chi connectivity index (χ3v) is 2.23. The maximum absolute atomic E-state index is 10.7. The Morgan fingerprint density at radius 2 is 2.25 bits per heavy atom. The number of benzene rings is 1. The summed E-state index contributed by atoms with van der Waals surface area (Å²) in [5.41, 5.74) is 0.378. The maximum atomic E-state index is 10.7. The molecule has 0 aliphatic carbocycles. The van der Waals surface area contributed by atoms with Gasteiger partial charge in [0.1, 0.15) is 0 Å². The Morgan fingerprint density at radius 1 is 1.50 bits per heavy atom. The molecule has 0 aliphatic heterocycles. The molecular formula is C9H6ClN3O3. The fourth-order valence-corrected chi connectivity index (χ4v) is 1.47. The maximum Gasteiger partial charge on any atom is 0.311 e. The number of hydrogen-bond acceptors (Lipinski definition) is 5. The molecule has 0 fully saturated rings. The van der Waals surface area contributed by atoms with Crippen LogP contribution in [0, 0.1) is 10.1 Å². The summed E-state index contributed by atoms with van der Waals surface area (Å²) >= 11 is 5.62. The van der Waals surface area contributed by atoms with Gasteiger partial charge in [-0.15, -0.1) is 0 Å². The number of methoxy groups -OCH3 is 1. The monoisotopic (exact) mass is 239 g/mol. The molecule has 0 N–H and O–H groups in total. The Kier molecular flexibility index (Phi) is 2.57. The summed E-state index contributed by atoms with van der Waals surface area (Å²) in [6.45, 7) is 0. The molecule has 0 atom stereocenters. The van der Waals surface area contributed by atoms with Crippen molar-refractivity contribution in [3.8, 4) is 5.75 Å². The molecule has 1 aromatic heterocycles. The van der Waals surface area contributed by atoms with Crippen molar-refractivity contribution in [2.45, 2.75) is 0 Å². The molecule has 0 spiro atoms. The van der Waals surface area contributed by atoms with Gasteiger partial charge in [0, 0.05) is 23.7 Å². The highest BCUT2D eigenvalue weighted by Gasteiger charge is 2.16. The minimum absolute atomic E-state index is 0.0865. The predicted octanol–water partition coefficient (Wildman–Crippen LogP) is 2.20. The molecule has 2 rings (SSSR count). The number of nitrogens with zero attached hydrogens (tertiary/aromatic N) is 3. The van der Waals surface area contributed by atoms with Crippen molar-refractivity contribution >= 4 is 28.2 Å².